The van der Waals surface area contributed by atoms with E-state index in [1.54, 1.807) is 0 Å². The van der Waals surface area contributed by atoms with Crippen molar-refractivity contribution in [3.8, 4) is 0 Å². The van der Waals surface area contributed by atoms with Gasteiger partial charge in [-0.25, -0.2) is 0 Å². The number of nitrogens with zero attached hydrogens (tertiary/aromatic N) is 2. The van der Waals surface area contributed by atoms with E-state index < -0.39 is 0 Å². The second-order valence-electron chi connectivity index (χ2n) is 5.71. The third-order valence-electron chi connectivity index (χ3n) is 4.27. The van der Waals surface area contributed by atoms with Gasteiger partial charge in [0.2, 0.25) is 5.91 Å². The fraction of sp³-hybridized carbons (Fsp3) is 0.933. The van der Waals surface area contributed by atoms with Crippen LogP contribution in [-0.2, 0) is 4.79 Å². The van der Waals surface area contributed by atoms with Gasteiger partial charge >= 0.3 is 0 Å². The number of hydrogen-bond donors (Lipinski definition) is 1. The molecule has 0 aromatic rings. The van der Waals surface area contributed by atoms with Crippen LogP contribution in [0.1, 0.15) is 33.6 Å². The van der Waals surface area contributed by atoms with Crippen LogP contribution in [0.2, 0.25) is 0 Å². The summed E-state index contributed by atoms with van der Waals surface area (Å²) in [5.41, 5.74) is 0. The van der Waals surface area contributed by atoms with Crippen molar-refractivity contribution in [1.82, 2.24) is 15.1 Å². The van der Waals surface area contributed by atoms with Crippen molar-refractivity contribution in [2.24, 2.45) is 11.8 Å². The highest BCUT2D eigenvalue weighted by Gasteiger charge is 2.26. The Balaban J connectivity index is 0. The molecule has 4 nitrogen and oxygen atoms in total. The van der Waals surface area contributed by atoms with Gasteiger partial charge in [0.25, 0.3) is 0 Å². The van der Waals surface area contributed by atoms with E-state index in [2.05, 4.69) is 29.0 Å². The zero-order chi connectivity index (χ0) is 14.3. The number of halogens is 2. The van der Waals surface area contributed by atoms with Crippen LogP contribution in [-0.4, -0.2) is 62.0 Å². The number of carbonyl (C=O) groups is 1. The lowest BCUT2D eigenvalue weighted by Gasteiger charge is -2.35. The van der Waals surface area contributed by atoms with Gasteiger partial charge in [-0.15, -0.1) is 24.8 Å². The Kier molecular flexibility index (Phi) is 13.8. The molecule has 0 aromatic carbocycles. The molecule has 1 aliphatic heterocycles. The van der Waals surface area contributed by atoms with Crippen LogP contribution in [0.25, 0.3) is 0 Å². The SMILES string of the molecule is CCN(CC)CC1CCN(C(=O)C(C)CNC)CC1.Cl.Cl. The molecular weight excluding hydrogens is 309 g/mol. The van der Waals surface area contributed by atoms with E-state index in [1.165, 1.54) is 6.54 Å². The molecule has 0 bridgehead atoms. The Morgan fingerprint density at radius 2 is 1.76 bits per heavy atom. The molecule has 1 saturated heterocycles. The zero-order valence-corrected chi connectivity index (χ0v) is 15.6. The number of hydrogen-bond acceptors (Lipinski definition) is 3. The molecule has 0 aromatic heterocycles. The van der Waals surface area contributed by atoms with Crippen molar-refractivity contribution in [1.29, 1.82) is 0 Å². The molecule has 1 amide bonds. The molecule has 1 heterocycles. The fourth-order valence-electron chi connectivity index (χ4n) is 2.89. The van der Waals surface area contributed by atoms with Gasteiger partial charge in [-0.3, -0.25) is 4.79 Å². The highest BCUT2D eigenvalue weighted by molar-refractivity contribution is 5.85. The molecule has 1 atom stereocenters. The van der Waals surface area contributed by atoms with Gasteiger partial charge < -0.3 is 15.1 Å². The van der Waals surface area contributed by atoms with Crippen LogP contribution in [0.15, 0.2) is 0 Å². The number of likely N-dealkylation sites (tertiary alicyclic amines) is 1. The van der Waals surface area contributed by atoms with Crippen molar-refractivity contribution >= 4 is 30.7 Å². The first-order valence-corrected chi connectivity index (χ1v) is 7.78. The van der Waals surface area contributed by atoms with E-state index in [9.17, 15) is 4.79 Å². The van der Waals surface area contributed by atoms with E-state index >= 15 is 0 Å². The van der Waals surface area contributed by atoms with Gasteiger partial charge in [0.1, 0.15) is 0 Å². The average molecular weight is 342 g/mol. The fourth-order valence-corrected chi connectivity index (χ4v) is 2.89. The first-order chi connectivity index (χ1) is 9.12. The minimum Gasteiger partial charge on any atom is -0.342 e. The minimum atomic E-state index is 0. The quantitative estimate of drug-likeness (QED) is 0.771. The number of rotatable bonds is 7. The van der Waals surface area contributed by atoms with Gasteiger partial charge in [-0.05, 0) is 38.9 Å². The Morgan fingerprint density at radius 3 is 2.19 bits per heavy atom. The number of nitrogens with one attached hydrogen (secondary N) is 1. The Hall–Kier alpha value is -0.0300. The lowest BCUT2D eigenvalue weighted by molar-refractivity contribution is -0.136. The van der Waals surface area contributed by atoms with Crippen molar-refractivity contribution in [2.75, 3.05) is 46.3 Å². The predicted molar refractivity (Wildman–Crippen MR) is 94.7 cm³/mol. The Bertz CT molecular complexity index is 268. The van der Waals surface area contributed by atoms with Crippen molar-refractivity contribution in [3.63, 3.8) is 0 Å². The summed E-state index contributed by atoms with van der Waals surface area (Å²) in [5, 5.41) is 3.08. The third kappa shape index (κ3) is 7.68. The lowest BCUT2D eigenvalue weighted by Crippen LogP contribution is -2.44. The maximum atomic E-state index is 12.2. The van der Waals surface area contributed by atoms with E-state index in [0.717, 1.165) is 51.5 Å². The molecule has 128 valence electrons. The highest BCUT2D eigenvalue weighted by Crippen LogP contribution is 2.19. The van der Waals surface area contributed by atoms with E-state index in [-0.39, 0.29) is 30.7 Å². The second kappa shape index (κ2) is 12.5. The lowest BCUT2D eigenvalue weighted by atomic mass is 9.95. The summed E-state index contributed by atoms with van der Waals surface area (Å²) >= 11 is 0. The van der Waals surface area contributed by atoms with Gasteiger partial charge in [0, 0.05) is 32.1 Å². The van der Waals surface area contributed by atoms with Crippen LogP contribution in [0.4, 0.5) is 0 Å². The normalized spacial score (nSPS) is 17.1. The molecule has 21 heavy (non-hydrogen) atoms. The molecule has 1 aliphatic rings. The molecule has 1 unspecified atom stereocenters. The van der Waals surface area contributed by atoms with Crippen LogP contribution in [0.5, 0.6) is 0 Å². The van der Waals surface area contributed by atoms with E-state index in [0.29, 0.717) is 5.91 Å². The third-order valence-corrected chi connectivity index (χ3v) is 4.27. The average Bonchev–Trinajstić information content (AvgIpc) is 2.45. The second-order valence-corrected chi connectivity index (χ2v) is 5.71. The minimum absolute atomic E-state index is 0. The molecule has 1 rings (SSSR count). The molecule has 1 N–H and O–H groups in total. The van der Waals surface area contributed by atoms with Gasteiger partial charge in [-0.2, -0.15) is 0 Å². The maximum Gasteiger partial charge on any atom is 0.226 e. The Morgan fingerprint density at radius 1 is 1.24 bits per heavy atom. The summed E-state index contributed by atoms with van der Waals surface area (Å²) in [6, 6.07) is 0. The number of amides is 1. The number of piperidine rings is 1. The smallest absolute Gasteiger partial charge is 0.226 e. The molecule has 0 aliphatic carbocycles. The molecule has 6 heteroatoms. The van der Waals surface area contributed by atoms with Crippen molar-refractivity contribution in [3.05, 3.63) is 0 Å². The summed E-state index contributed by atoms with van der Waals surface area (Å²) in [6.07, 6.45) is 2.32. The highest BCUT2D eigenvalue weighted by atomic mass is 35.5. The summed E-state index contributed by atoms with van der Waals surface area (Å²) < 4.78 is 0. The van der Waals surface area contributed by atoms with E-state index in [1.807, 2.05) is 14.0 Å². The van der Waals surface area contributed by atoms with Gasteiger partial charge in [-0.1, -0.05) is 20.8 Å². The largest absolute Gasteiger partial charge is 0.342 e. The van der Waals surface area contributed by atoms with Crippen molar-refractivity contribution in [2.45, 2.75) is 33.6 Å². The first-order valence-electron chi connectivity index (χ1n) is 7.78. The van der Waals surface area contributed by atoms with Gasteiger partial charge in [0.05, 0.1) is 0 Å². The molecule has 0 spiro atoms. The monoisotopic (exact) mass is 341 g/mol. The topological polar surface area (TPSA) is 35.6 Å². The van der Waals surface area contributed by atoms with Gasteiger partial charge in [0.15, 0.2) is 0 Å². The summed E-state index contributed by atoms with van der Waals surface area (Å²) in [7, 11) is 1.90. The van der Waals surface area contributed by atoms with Crippen LogP contribution in [0, 0.1) is 11.8 Å². The zero-order valence-electron chi connectivity index (χ0n) is 13.9. The summed E-state index contributed by atoms with van der Waals surface area (Å²) in [5.74, 6) is 1.18. The van der Waals surface area contributed by atoms with Crippen molar-refractivity contribution < 1.29 is 4.79 Å². The summed E-state index contributed by atoms with van der Waals surface area (Å²) in [6.45, 7) is 12.6. The molecular formula is C15H33Cl2N3O. The number of carbonyl (C=O) groups excluding carboxylic acids is 1. The summed E-state index contributed by atoms with van der Waals surface area (Å²) in [4.78, 5) is 16.8. The van der Waals surface area contributed by atoms with Crippen LogP contribution in [0.3, 0.4) is 0 Å². The van der Waals surface area contributed by atoms with E-state index in [4.69, 9.17) is 0 Å². The maximum absolute atomic E-state index is 12.2. The standard InChI is InChI=1S/C15H31N3O.2ClH/c1-5-17(6-2)12-14-7-9-18(10-8-14)15(19)13(3)11-16-4;;/h13-14,16H,5-12H2,1-4H3;2*1H. The first kappa shape index (κ1) is 23.2. The van der Waals surface area contributed by atoms with Crippen LogP contribution < -0.4 is 5.32 Å². The molecule has 1 fully saturated rings. The molecule has 0 saturated carbocycles. The van der Waals surface area contributed by atoms with Crippen LogP contribution >= 0.6 is 24.8 Å². The molecule has 0 radical (unpaired) electrons. The predicted octanol–water partition coefficient (Wildman–Crippen LogP) is 2.27. The Labute approximate surface area is 142 Å².